The van der Waals surface area contributed by atoms with Crippen LogP contribution in [-0.2, 0) is 11.2 Å². The van der Waals surface area contributed by atoms with Gasteiger partial charge >= 0.3 is 0 Å². The van der Waals surface area contributed by atoms with Gasteiger partial charge in [-0.05, 0) is 48.2 Å². The van der Waals surface area contributed by atoms with E-state index in [1.165, 1.54) is 5.56 Å². The summed E-state index contributed by atoms with van der Waals surface area (Å²) in [5.74, 6) is 1.09. The molecule has 2 heterocycles. The van der Waals surface area contributed by atoms with Crippen LogP contribution in [0.2, 0.25) is 0 Å². The standard InChI is InChI=1S/C21H24N2O2/c1-3-5-8-20(24)23(4-2)21(18-7-6-12-22-15-18)17-9-10-19-16(14-17)11-13-25-19/h3,6-7,9-10,12,14-15,21H,1,4-5,8,11,13H2,2H3. The van der Waals surface area contributed by atoms with Gasteiger partial charge in [-0.15, -0.1) is 6.58 Å². The smallest absolute Gasteiger partial charge is 0.223 e. The Bertz CT molecular complexity index is 743. The van der Waals surface area contributed by atoms with Crippen LogP contribution in [-0.4, -0.2) is 28.9 Å². The van der Waals surface area contributed by atoms with E-state index in [4.69, 9.17) is 4.74 Å². The minimum absolute atomic E-state index is 0.132. The number of nitrogens with zero attached hydrogens (tertiary/aromatic N) is 2. The summed E-state index contributed by atoms with van der Waals surface area (Å²) in [7, 11) is 0. The number of amides is 1. The number of pyridine rings is 1. The van der Waals surface area contributed by atoms with Gasteiger partial charge in [-0.1, -0.05) is 18.2 Å². The molecular formula is C21H24N2O2. The highest BCUT2D eigenvalue weighted by molar-refractivity contribution is 5.77. The maximum Gasteiger partial charge on any atom is 0.223 e. The molecular weight excluding hydrogens is 312 g/mol. The lowest BCUT2D eigenvalue weighted by Crippen LogP contribution is -2.35. The van der Waals surface area contributed by atoms with Crippen molar-refractivity contribution in [3.63, 3.8) is 0 Å². The molecule has 1 atom stereocenters. The molecule has 1 unspecified atom stereocenters. The summed E-state index contributed by atoms with van der Waals surface area (Å²) < 4.78 is 5.62. The first-order valence-corrected chi connectivity index (χ1v) is 8.80. The SMILES string of the molecule is C=CCCC(=O)N(CC)C(c1cccnc1)c1ccc2c(c1)CCO2. The summed E-state index contributed by atoms with van der Waals surface area (Å²) >= 11 is 0. The van der Waals surface area contributed by atoms with Crippen molar-refractivity contribution >= 4 is 5.91 Å². The molecule has 0 radical (unpaired) electrons. The van der Waals surface area contributed by atoms with E-state index in [-0.39, 0.29) is 11.9 Å². The fourth-order valence-corrected chi connectivity index (χ4v) is 3.34. The predicted molar refractivity (Wildman–Crippen MR) is 98.5 cm³/mol. The van der Waals surface area contributed by atoms with Crippen molar-refractivity contribution in [2.75, 3.05) is 13.2 Å². The van der Waals surface area contributed by atoms with Gasteiger partial charge in [0.2, 0.25) is 5.91 Å². The van der Waals surface area contributed by atoms with Crippen LogP contribution in [0.25, 0.3) is 0 Å². The minimum Gasteiger partial charge on any atom is -0.493 e. The van der Waals surface area contributed by atoms with E-state index in [0.29, 0.717) is 19.4 Å². The monoisotopic (exact) mass is 336 g/mol. The summed E-state index contributed by atoms with van der Waals surface area (Å²) in [5.41, 5.74) is 3.34. The van der Waals surface area contributed by atoms with Crippen molar-refractivity contribution in [1.29, 1.82) is 0 Å². The molecule has 2 aromatic rings. The maximum atomic E-state index is 12.8. The number of hydrogen-bond acceptors (Lipinski definition) is 3. The van der Waals surface area contributed by atoms with Crippen molar-refractivity contribution in [3.05, 3.63) is 72.1 Å². The number of allylic oxidation sites excluding steroid dienone is 1. The second kappa shape index (κ2) is 7.97. The first-order valence-electron chi connectivity index (χ1n) is 8.80. The molecule has 1 amide bonds. The molecule has 3 rings (SSSR count). The average Bonchev–Trinajstić information content (AvgIpc) is 3.12. The number of ether oxygens (including phenoxy) is 1. The van der Waals surface area contributed by atoms with Crippen LogP contribution >= 0.6 is 0 Å². The van der Waals surface area contributed by atoms with Gasteiger partial charge in [-0.3, -0.25) is 9.78 Å². The normalized spacial score (nSPS) is 13.6. The molecule has 1 aromatic heterocycles. The molecule has 0 aliphatic carbocycles. The van der Waals surface area contributed by atoms with E-state index in [2.05, 4.69) is 23.7 Å². The molecule has 130 valence electrons. The lowest BCUT2D eigenvalue weighted by atomic mass is 9.95. The zero-order chi connectivity index (χ0) is 17.6. The van der Waals surface area contributed by atoms with Crippen LogP contribution in [0, 0.1) is 0 Å². The molecule has 1 aliphatic rings. The Hall–Kier alpha value is -2.62. The molecule has 0 bridgehead atoms. The third kappa shape index (κ3) is 3.73. The highest BCUT2D eigenvalue weighted by atomic mass is 16.5. The zero-order valence-corrected chi connectivity index (χ0v) is 14.6. The number of carbonyl (C=O) groups is 1. The third-order valence-electron chi connectivity index (χ3n) is 4.56. The number of fused-ring (bicyclic) bond motifs is 1. The third-order valence-corrected chi connectivity index (χ3v) is 4.56. The Kier molecular flexibility index (Phi) is 5.49. The van der Waals surface area contributed by atoms with Crippen LogP contribution in [0.15, 0.2) is 55.4 Å². The Morgan fingerprint density at radius 2 is 2.28 bits per heavy atom. The molecule has 4 heteroatoms. The van der Waals surface area contributed by atoms with Gasteiger partial charge < -0.3 is 9.64 Å². The van der Waals surface area contributed by atoms with E-state index < -0.39 is 0 Å². The van der Waals surface area contributed by atoms with Gasteiger partial charge in [0.25, 0.3) is 0 Å². The van der Waals surface area contributed by atoms with Crippen molar-refractivity contribution in [1.82, 2.24) is 9.88 Å². The quantitative estimate of drug-likeness (QED) is 0.720. The van der Waals surface area contributed by atoms with E-state index in [9.17, 15) is 4.79 Å². The Balaban J connectivity index is 2.00. The Labute approximate surface area is 149 Å². The van der Waals surface area contributed by atoms with E-state index in [0.717, 1.165) is 29.9 Å². The number of rotatable bonds is 7. The number of carbonyl (C=O) groups excluding carboxylic acids is 1. The first kappa shape index (κ1) is 17.2. The first-order chi connectivity index (χ1) is 12.2. The van der Waals surface area contributed by atoms with Gasteiger partial charge in [0.1, 0.15) is 5.75 Å². The summed E-state index contributed by atoms with van der Waals surface area (Å²) in [4.78, 5) is 19.0. The molecule has 1 aliphatic heterocycles. The van der Waals surface area contributed by atoms with Crippen LogP contribution < -0.4 is 4.74 Å². The van der Waals surface area contributed by atoms with Crippen LogP contribution in [0.3, 0.4) is 0 Å². The fourth-order valence-electron chi connectivity index (χ4n) is 3.34. The molecule has 0 fully saturated rings. The average molecular weight is 336 g/mol. The largest absolute Gasteiger partial charge is 0.493 e. The van der Waals surface area contributed by atoms with Gasteiger partial charge in [0, 0.05) is 31.8 Å². The molecule has 0 spiro atoms. The van der Waals surface area contributed by atoms with Gasteiger partial charge in [0.05, 0.1) is 12.6 Å². The molecule has 25 heavy (non-hydrogen) atoms. The Morgan fingerprint density at radius 1 is 1.40 bits per heavy atom. The zero-order valence-electron chi connectivity index (χ0n) is 14.6. The van der Waals surface area contributed by atoms with Gasteiger partial charge in [0.15, 0.2) is 0 Å². The Morgan fingerprint density at radius 3 is 3.00 bits per heavy atom. The predicted octanol–water partition coefficient (Wildman–Crippen LogP) is 3.92. The van der Waals surface area contributed by atoms with Crippen molar-refractivity contribution in [2.24, 2.45) is 0 Å². The number of benzene rings is 1. The van der Waals surface area contributed by atoms with Gasteiger partial charge in [-0.2, -0.15) is 0 Å². The fraction of sp³-hybridized carbons (Fsp3) is 0.333. The van der Waals surface area contributed by atoms with Crippen LogP contribution in [0.4, 0.5) is 0 Å². The summed E-state index contributed by atoms with van der Waals surface area (Å²) in [5, 5.41) is 0. The molecule has 1 aromatic carbocycles. The van der Waals surface area contributed by atoms with Crippen molar-refractivity contribution < 1.29 is 9.53 Å². The molecule has 0 saturated carbocycles. The summed E-state index contributed by atoms with van der Waals surface area (Å²) in [6.45, 7) is 7.11. The molecule has 0 saturated heterocycles. The topological polar surface area (TPSA) is 42.4 Å². The number of hydrogen-bond donors (Lipinski definition) is 0. The van der Waals surface area contributed by atoms with Crippen LogP contribution in [0.1, 0.15) is 42.5 Å². The van der Waals surface area contributed by atoms with Crippen molar-refractivity contribution in [3.8, 4) is 5.75 Å². The maximum absolute atomic E-state index is 12.8. The summed E-state index contributed by atoms with van der Waals surface area (Å²) in [6.07, 6.45) is 7.47. The van der Waals surface area contributed by atoms with Crippen molar-refractivity contribution in [2.45, 2.75) is 32.2 Å². The van der Waals surface area contributed by atoms with Gasteiger partial charge in [-0.25, -0.2) is 0 Å². The van der Waals surface area contributed by atoms with Crippen LogP contribution in [0.5, 0.6) is 5.75 Å². The highest BCUT2D eigenvalue weighted by Crippen LogP contribution is 2.34. The highest BCUT2D eigenvalue weighted by Gasteiger charge is 2.26. The van der Waals surface area contributed by atoms with E-state index >= 15 is 0 Å². The minimum atomic E-state index is -0.137. The molecule has 4 nitrogen and oxygen atoms in total. The van der Waals surface area contributed by atoms with E-state index in [1.807, 2.05) is 36.2 Å². The lowest BCUT2D eigenvalue weighted by Gasteiger charge is -2.32. The number of aromatic nitrogens is 1. The second-order valence-corrected chi connectivity index (χ2v) is 6.16. The lowest BCUT2D eigenvalue weighted by molar-refractivity contribution is -0.132. The van der Waals surface area contributed by atoms with E-state index in [1.54, 1.807) is 12.3 Å². The molecule has 0 N–H and O–H groups in total. The summed E-state index contributed by atoms with van der Waals surface area (Å²) in [6, 6.07) is 10.1. The second-order valence-electron chi connectivity index (χ2n) is 6.16.